The molecule has 2 rings (SSSR count). The minimum absolute atomic E-state index is 0.126. The van der Waals surface area contributed by atoms with E-state index in [9.17, 15) is 4.79 Å². The van der Waals surface area contributed by atoms with E-state index in [1.54, 1.807) is 0 Å². The lowest BCUT2D eigenvalue weighted by Gasteiger charge is -2.13. The molecule has 2 aromatic rings. The third-order valence-corrected chi connectivity index (χ3v) is 4.26. The third kappa shape index (κ3) is 4.90. The number of carbonyl (C=O) groups is 1. The summed E-state index contributed by atoms with van der Waals surface area (Å²) in [6, 6.07) is 15.9. The molecule has 2 N–H and O–H groups in total. The van der Waals surface area contributed by atoms with Crippen molar-refractivity contribution in [3.63, 3.8) is 0 Å². The van der Waals surface area contributed by atoms with E-state index in [-0.39, 0.29) is 11.8 Å². The van der Waals surface area contributed by atoms with E-state index in [1.807, 2.05) is 38.2 Å². The topological polar surface area (TPSA) is 41.1 Å². The lowest BCUT2D eigenvalue weighted by molar-refractivity contribution is 0.0950. The van der Waals surface area contributed by atoms with Gasteiger partial charge in [0.1, 0.15) is 0 Å². The molecular weight excluding hydrogens is 387 g/mol. The first kappa shape index (κ1) is 17.1. The van der Waals surface area contributed by atoms with Crippen LogP contribution < -0.4 is 10.6 Å². The van der Waals surface area contributed by atoms with Gasteiger partial charge in [0, 0.05) is 22.2 Å². The standard InChI is InChI=1S/C18H21IN2O/c1-13(21-12-15-5-9-17(19)10-6-15)18(22)16-7-3-14(4-8-16)11-20-2/h3-10,13,20-21H,11-12H2,1-2H3. The van der Waals surface area contributed by atoms with Gasteiger partial charge >= 0.3 is 0 Å². The van der Waals surface area contributed by atoms with Crippen molar-refractivity contribution in [1.29, 1.82) is 0 Å². The second-order valence-corrected chi connectivity index (χ2v) is 6.57. The molecule has 0 fully saturated rings. The van der Waals surface area contributed by atoms with Gasteiger partial charge in [-0.05, 0) is 59.8 Å². The fraction of sp³-hybridized carbons (Fsp3) is 0.278. The molecule has 116 valence electrons. The lowest BCUT2D eigenvalue weighted by Crippen LogP contribution is -2.33. The summed E-state index contributed by atoms with van der Waals surface area (Å²) in [6.07, 6.45) is 0. The van der Waals surface area contributed by atoms with Crippen molar-refractivity contribution in [2.24, 2.45) is 0 Å². The van der Waals surface area contributed by atoms with Gasteiger partial charge in [0.15, 0.2) is 5.78 Å². The van der Waals surface area contributed by atoms with E-state index in [0.717, 1.165) is 12.1 Å². The number of halogens is 1. The van der Waals surface area contributed by atoms with Crippen molar-refractivity contribution in [3.05, 3.63) is 68.8 Å². The third-order valence-electron chi connectivity index (χ3n) is 3.54. The lowest BCUT2D eigenvalue weighted by atomic mass is 10.0. The number of benzene rings is 2. The van der Waals surface area contributed by atoms with Crippen LogP contribution in [0.5, 0.6) is 0 Å². The minimum Gasteiger partial charge on any atom is -0.316 e. The molecule has 0 aliphatic carbocycles. The van der Waals surface area contributed by atoms with Crippen molar-refractivity contribution in [3.8, 4) is 0 Å². The largest absolute Gasteiger partial charge is 0.316 e. The fourth-order valence-electron chi connectivity index (χ4n) is 2.21. The Labute approximate surface area is 145 Å². The van der Waals surface area contributed by atoms with E-state index in [4.69, 9.17) is 0 Å². The van der Waals surface area contributed by atoms with Crippen LogP contribution in [-0.2, 0) is 13.1 Å². The van der Waals surface area contributed by atoms with Gasteiger partial charge in [-0.25, -0.2) is 0 Å². The molecule has 0 saturated heterocycles. The van der Waals surface area contributed by atoms with Crippen molar-refractivity contribution in [1.82, 2.24) is 10.6 Å². The number of Topliss-reactive ketones (excluding diaryl/α,β-unsaturated/α-hetero) is 1. The van der Waals surface area contributed by atoms with E-state index < -0.39 is 0 Å². The molecule has 1 atom stereocenters. The van der Waals surface area contributed by atoms with Crippen LogP contribution in [0.4, 0.5) is 0 Å². The molecule has 1 unspecified atom stereocenters. The van der Waals surface area contributed by atoms with Crippen LogP contribution in [0.25, 0.3) is 0 Å². The fourth-order valence-corrected chi connectivity index (χ4v) is 2.57. The van der Waals surface area contributed by atoms with E-state index in [0.29, 0.717) is 6.54 Å². The molecule has 0 amide bonds. The molecule has 0 heterocycles. The molecule has 0 aliphatic rings. The molecular formula is C18H21IN2O. The Hall–Kier alpha value is -1.24. The molecule has 0 aliphatic heterocycles. The molecule has 4 heteroatoms. The number of hydrogen-bond acceptors (Lipinski definition) is 3. The van der Waals surface area contributed by atoms with Crippen molar-refractivity contribution >= 4 is 28.4 Å². The highest BCUT2D eigenvalue weighted by molar-refractivity contribution is 14.1. The molecule has 3 nitrogen and oxygen atoms in total. The van der Waals surface area contributed by atoms with Crippen LogP contribution in [-0.4, -0.2) is 18.9 Å². The summed E-state index contributed by atoms with van der Waals surface area (Å²) in [4.78, 5) is 12.4. The normalized spacial score (nSPS) is 12.1. The first-order valence-electron chi connectivity index (χ1n) is 7.35. The maximum Gasteiger partial charge on any atom is 0.179 e. The van der Waals surface area contributed by atoms with E-state index >= 15 is 0 Å². The monoisotopic (exact) mass is 408 g/mol. The number of hydrogen-bond donors (Lipinski definition) is 2. The van der Waals surface area contributed by atoms with Gasteiger partial charge in [-0.2, -0.15) is 0 Å². The number of ketones is 1. The van der Waals surface area contributed by atoms with Gasteiger partial charge in [-0.3, -0.25) is 4.79 Å². The highest BCUT2D eigenvalue weighted by Crippen LogP contribution is 2.09. The average Bonchev–Trinajstić information content (AvgIpc) is 2.54. The molecule has 0 saturated carbocycles. The summed E-state index contributed by atoms with van der Waals surface area (Å²) in [7, 11) is 1.91. The maximum absolute atomic E-state index is 12.4. The molecule has 0 radical (unpaired) electrons. The van der Waals surface area contributed by atoms with Crippen molar-refractivity contribution in [2.75, 3.05) is 7.05 Å². The van der Waals surface area contributed by atoms with Gasteiger partial charge in [-0.15, -0.1) is 0 Å². The minimum atomic E-state index is -0.200. The van der Waals surface area contributed by atoms with Gasteiger partial charge in [0.2, 0.25) is 0 Å². The summed E-state index contributed by atoms with van der Waals surface area (Å²) >= 11 is 2.29. The zero-order valence-corrected chi connectivity index (χ0v) is 15.1. The summed E-state index contributed by atoms with van der Waals surface area (Å²) in [5, 5.41) is 6.39. The highest BCUT2D eigenvalue weighted by atomic mass is 127. The van der Waals surface area contributed by atoms with Crippen LogP contribution in [0.1, 0.15) is 28.4 Å². The summed E-state index contributed by atoms with van der Waals surface area (Å²) in [5.41, 5.74) is 3.12. The first-order valence-corrected chi connectivity index (χ1v) is 8.43. The van der Waals surface area contributed by atoms with E-state index in [1.165, 1.54) is 14.7 Å². The van der Waals surface area contributed by atoms with Crippen LogP contribution in [0.2, 0.25) is 0 Å². The number of carbonyl (C=O) groups excluding carboxylic acids is 1. The second-order valence-electron chi connectivity index (χ2n) is 5.32. The van der Waals surface area contributed by atoms with Gasteiger partial charge in [0.05, 0.1) is 6.04 Å². The summed E-state index contributed by atoms with van der Waals surface area (Å²) in [5.74, 6) is 0.126. The Morgan fingerprint density at radius 3 is 2.14 bits per heavy atom. The zero-order chi connectivity index (χ0) is 15.9. The van der Waals surface area contributed by atoms with Gasteiger partial charge < -0.3 is 10.6 Å². The SMILES string of the molecule is CNCc1ccc(C(=O)C(C)NCc2ccc(I)cc2)cc1. The summed E-state index contributed by atoms with van der Waals surface area (Å²) < 4.78 is 1.21. The number of nitrogens with one attached hydrogen (secondary N) is 2. The highest BCUT2D eigenvalue weighted by Gasteiger charge is 2.14. The average molecular weight is 408 g/mol. The van der Waals surface area contributed by atoms with Crippen molar-refractivity contribution < 1.29 is 4.79 Å². The Bertz CT molecular complexity index is 608. The van der Waals surface area contributed by atoms with Crippen LogP contribution in [0, 0.1) is 3.57 Å². The van der Waals surface area contributed by atoms with Gasteiger partial charge in [-0.1, -0.05) is 36.4 Å². The Kier molecular flexibility index (Phi) is 6.54. The molecule has 0 aromatic heterocycles. The maximum atomic E-state index is 12.4. The molecule has 0 spiro atoms. The summed E-state index contributed by atoms with van der Waals surface area (Å²) in [6.45, 7) is 3.42. The predicted octanol–water partition coefficient (Wildman–Crippen LogP) is 3.37. The zero-order valence-electron chi connectivity index (χ0n) is 12.9. The molecule has 2 aromatic carbocycles. The number of rotatable bonds is 7. The van der Waals surface area contributed by atoms with Crippen LogP contribution in [0.3, 0.4) is 0 Å². The van der Waals surface area contributed by atoms with E-state index in [2.05, 4.69) is 57.5 Å². The second kappa shape index (κ2) is 8.41. The predicted molar refractivity (Wildman–Crippen MR) is 99.0 cm³/mol. The van der Waals surface area contributed by atoms with Crippen LogP contribution in [0.15, 0.2) is 48.5 Å². The Morgan fingerprint density at radius 1 is 1.00 bits per heavy atom. The van der Waals surface area contributed by atoms with Crippen LogP contribution >= 0.6 is 22.6 Å². The smallest absolute Gasteiger partial charge is 0.179 e. The van der Waals surface area contributed by atoms with Gasteiger partial charge in [0.25, 0.3) is 0 Å². The Morgan fingerprint density at radius 2 is 1.55 bits per heavy atom. The quantitative estimate of drug-likeness (QED) is 0.545. The molecule has 0 bridgehead atoms. The first-order chi connectivity index (χ1) is 10.6. The van der Waals surface area contributed by atoms with Crippen molar-refractivity contribution in [2.45, 2.75) is 26.1 Å². The Balaban J connectivity index is 1.92. The molecule has 22 heavy (non-hydrogen) atoms.